The first kappa shape index (κ1) is 24.7. The molecule has 2 saturated heterocycles. The number of Topliss-reactive ketones (excluding diaryl/α,β-unsaturated/α-hetero) is 1. The van der Waals surface area contributed by atoms with Gasteiger partial charge in [0.1, 0.15) is 5.75 Å². The molecule has 0 bridgehead atoms. The van der Waals surface area contributed by atoms with Crippen LogP contribution in [-0.2, 0) is 0 Å². The third-order valence-electron chi connectivity index (χ3n) is 7.25. The molecule has 37 heavy (non-hydrogen) atoms. The molecule has 1 amide bonds. The van der Waals surface area contributed by atoms with E-state index in [1.54, 1.807) is 19.3 Å². The number of aromatic nitrogens is 2. The van der Waals surface area contributed by atoms with E-state index in [9.17, 15) is 9.59 Å². The van der Waals surface area contributed by atoms with Crippen LogP contribution in [-0.4, -0.2) is 65.8 Å². The predicted octanol–water partition coefficient (Wildman–Crippen LogP) is 4.67. The fourth-order valence-electron chi connectivity index (χ4n) is 4.86. The van der Waals surface area contributed by atoms with Gasteiger partial charge in [-0.3, -0.25) is 9.59 Å². The van der Waals surface area contributed by atoms with Crippen molar-refractivity contribution in [2.45, 2.75) is 26.7 Å². The van der Waals surface area contributed by atoms with E-state index in [1.807, 2.05) is 53.4 Å². The van der Waals surface area contributed by atoms with E-state index in [-0.39, 0.29) is 11.7 Å². The van der Waals surface area contributed by atoms with Crippen LogP contribution in [0.25, 0.3) is 0 Å². The third kappa shape index (κ3) is 5.74. The van der Waals surface area contributed by atoms with Gasteiger partial charge in [0.05, 0.1) is 0 Å². The molecule has 0 N–H and O–H groups in total. The largest absolute Gasteiger partial charge is 0.436 e. The smallest absolute Gasteiger partial charge is 0.263 e. The fourth-order valence-corrected chi connectivity index (χ4v) is 4.86. The van der Waals surface area contributed by atoms with Crippen molar-refractivity contribution in [3.63, 3.8) is 0 Å². The van der Waals surface area contributed by atoms with E-state index in [0.29, 0.717) is 35.8 Å². The summed E-state index contributed by atoms with van der Waals surface area (Å²) >= 11 is 0. The van der Waals surface area contributed by atoms with E-state index in [1.165, 1.54) is 0 Å². The van der Waals surface area contributed by atoms with Gasteiger partial charge in [-0.1, -0.05) is 6.92 Å². The molecule has 2 aliphatic heterocycles. The van der Waals surface area contributed by atoms with Gasteiger partial charge in [-0.15, -0.1) is 0 Å². The van der Waals surface area contributed by atoms with Crippen molar-refractivity contribution in [2.24, 2.45) is 5.92 Å². The predicted molar refractivity (Wildman–Crippen MR) is 144 cm³/mol. The normalized spacial score (nSPS) is 16.5. The molecule has 8 heteroatoms. The molecule has 3 heterocycles. The Labute approximate surface area is 217 Å². The quantitative estimate of drug-likeness (QED) is 0.456. The molecule has 2 fully saturated rings. The maximum Gasteiger partial charge on any atom is 0.263 e. The molecule has 0 spiro atoms. The van der Waals surface area contributed by atoms with Crippen molar-refractivity contribution in [1.82, 2.24) is 14.9 Å². The first-order valence-electron chi connectivity index (χ1n) is 13.0. The lowest BCUT2D eigenvalue weighted by atomic mass is 9.99. The number of nitrogens with zero attached hydrogens (tertiary/aromatic N) is 5. The lowest BCUT2D eigenvalue weighted by Crippen LogP contribution is -2.48. The van der Waals surface area contributed by atoms with Crippen molar-refractivity contribution in [1.29, 1.82) is 0 Å². The Hall–Kier alpha value is -3.94. The molecular formula is C29H33N5O3. The SMILES string of the molecule is CC(=O)c1ccc(N2CCN(C(=O)c3ccc(Oc4nccnc4N4CCC(C)CC4)cc3)CC2)cc1. The van der Waals surface area contributed by atoms with Crippen molar-refractivity contribution in [2.75, 3.05) is 49.1 Å². The Balaban J connectivity index is 1.18. The summed E-state index contributed by atoms with van der Waals surface area (Å²) in [6.07, 6.45) is 5.60. The summed E-state index contributed by atoms with van der Waals surface area (Å²) in [7, 11) is 0. The van der Waals surface area contributed by atoms with Gasteiger partial charge in [-0.2, -0.15) is 0 Å². The fraction of sp³-hybridized carbons (Fsp3) is 0.379. The van der Waals surface area contributed by atoms with Crippen molar-refractivity contribution >= 4 is 23.2 Å². The Morgan fingerprint density at radius 3 is 2.05 bits per heavy atom. The molecule has 0 atom stereocenters. The van der Waals surface area contributed by atoms with Crippen molar-refractivity contribution < 1.29 is 14.3 Å². The number of anilines is 2. The summed E-state index contributed by atoms with van der Waals surface area (Å²) in [4.78, 5) is 39.9. The first-order chi connectivity index (χ1) is 18.0. The lowest BCUT2D eigenvalue weighted by molar-refractivity contribution is 0.0746. The average molecular weight is 500 g/mol. The highest BCUT2D eigenvalue weighted by atomic mass is 16.5. The highest BCUT2D eigenvalue weighted by Crippen LogP contribution is 2.31. The van der Waals surface area contributed by atoms with Crippen molar-refractivity contribution in [3.05, 3.63) is 72.1 Å². The summed E-state index contributed by atoms with van der Waals surface area (Å²) in [5.41, 5.74) is 2.42. The van der Waals surface area contributed by atoms with Gasteiger partial charge in [-0.25, -0.2) is 9.97 Å². The third-order valence-corrected chi connectivity index (χ3v) is 7.25. The number of carbonyl (C=O) groups excluding carboxylic acids is 2. The van der Waals surface area contributed by atoms with E-state index in [0.717, 1.165) is 56.4 Å². The minimum absolute atomic E-state index is 0.0146. The van der Waals surface area contributed by atoms with Crippen LogP contribution < -0.4 is 14.5 Å². The van der Waals surface area contributed by atoms with Gasteiger partial charge in [0.2, 0.25) is 0 Å². The number of rotatable bonds is 6. The number of ketones is 1. The molecule has 0 radical (unpaired) electrons. The van der Waals surface area contributed by atoms with Crippen LogP contribution in [0.2, 0.25) is 0 Å². The van der Waals surface area contributed by atoms with Crippen LogP contribution in [0, 0.1) is 5.92 Å². The van der Waals surface area contributed by atoms with Gasteiger partial charge in [0, 0.05) is 68.5 Å². The first-order valence-corrected chi connectivity index (χ1v) is 13.0. The van der Waals surface area contributed by atoms with Gasteiger partial charge in [-0.05, 0) is 74.2 Å². The number of carbonyl (C=O) groups is 2. The molecule has 0 unspecified atom stereocenters. The summed E-state index contributed by atoms with van der Waals surface area (Å²) in [5, 5.41) is 0. The molecule has 8 nitrogen and oxygen atoms in total. The molecule has 2 aromatic carbocycles. The molecule has 1 aromatic heterocycles. The van der Waals surface area contributed by atoms with Crippen LogP contribution >= 0.6 is 0 Å². The second-order valence-corrected chi connectivity index (χ2v) is 9.86. The highest BCUT2D eigenvalue weighted by Gasteiger charge is 2.24. The standard InChI is InChI=1S/C29H33N5O3/c1-21-11-15-33(16-12-21)27-28(31-14-13-30-27)37-26-9-5-24(6-10-26)29(36)34-19-17-32(18-20-34)25-7-3-23(4-8-25)22(2)35/h3-10,13-14,21H,11-12,15-20H2,1-2H3. The van der Waals surface area contributed by atoms with Crippen LogP contribution in [0.4, 0.5) is 11.5 Å². The maximum absolute atomic E-state index is 13.1. The summed E-state index contributed by atoms with van der Waals surface area (Å²) < 4.78 is 6.09. The number of amides is 1. The number of ether oxygens (including phenoxy) is 1. The van der Waals surface area contributed by atoms with E-state index in [4.69, 9.17) is 4.74 Å². The second kappa shape index (κ2) is 11.0. The lowest BCUT2D eigenvalue weighted by Gasteiger charge is -2.36. The second-order valence-electron chi connectivity index (χ2n) is 9.86. The van der Waals surface area contributed by atoms with Crippen LogP contribution in [0.3, 0.4) is 0 Å². The van der Waals surface area contributed by atoms with Gasteiger partial charge >= 0.3 is 0 Å². The molecular weight excluding hydrogens is 466 g/mol. The minimum Gasteiger partial charge on any atom is -0.436 e. The Kier molecular flexibility index (Phi) is 7.35. The van der Waals surface area contributed by atoms with E-state index in [2.05, 4.69) is 26.7 Å². The molecule has 0 aliphatic carbocycles. The molecule has 0 saturated carbocycles. The maximum atomic E-state index is 13.1. The van der Waals surface area contributed by atoms with Gasteiger partial charge in [0.25, 0.3) is 11.8 Å². The zero-order valence-electron chi connectivity index (χ0n) is 21.5. The van der Waals surface area contributed by atoms with E-state index >= 15 is 0 Å². The number of benzene rings is 2. The Morgan fingerprint density at radius 2 is 1.41 bits per heavy atom. The number of hydrogen-bond acceptors (Lipinski definition) is 7. The summed E-state index contributed by atoms with van der Waals surface area (Å²) in [6.45, 7) is 8.52. The topological polar surface area (TPSA) is 78.9 Å². The summed E-state index contributed by atoms with van der Waals surface area (Å²) in [5.74, 6) is 2.69. The average Bonchev–Trinajstić information content (AvgIpc) is 2.94. The van der Waals surface area contributed by atoms with Crippen LogP contribution in [0.15, 0.2) is 60.9 Å². The number of piperazine rings is 1. The zero-order valence-corrected chi connectivity index (χ0v) is 21.5. The summed E-state index contributed by atoms with van der Waals surface area (Å²) in [6, 6.07) is 14.9. The molecule has 3 aromatic rings. The Morgan fingerprint density at radius 1 is 0.784 bits per heavy atom. The van der Waals surface area contributed by atoms with Crippen LogP contribution in [0.5, 0.6) is 11.6 Å². The number of hydrogen-bond donors (Lipinski definition) is 0. The molecule has 5 rings (SSSR count). The van der Waals surface area contributed by atoms with Crippen molar-refractivity contribution in [3.8, 4) is 11.6 Å². The monoisotopic (exact) mass is 499 g/mol. The Bertz CT molecular complexity index is 1230. The molecule has 2 aliphatic rings. The van der Waals surface area contributed by atoms with E-state index < -0.39 is 0 Å². The van der Waals surface area contributed by atoms with Crippen LogP contribution in [0.1, 0.15) is 47.4 Å². The highest BCUT2D eigenvalue weighted by molar-refractivity contribution is 5.95. The van der Waals surface area contributed by atoms with Gasteiger partial charge < -0.3 is 19.4 Å². The zero-order chi connectivity index (χ0) is 25.8. The molecule has 192 valence electrons. The minimum atomic E-state index is 0.0146. The number of piperidine rings is 1. The van der Waals surface area contributed by atoms with Gasteiger partial charge in [0.15, 0.2) is 11.6 Å².